The van der Waals surface area contributed by atoms with Crippen LogP contribution in [-0.4, -0.2) is 11.8 Å². The molecule has 3 nitrogen and oxygen atoms in total. The van der Waals surface area contributed by atoms with Crippen LogP contribution in [0.5, 0.6) is 0 Å². The number of amides is 2. The maximum absolute atomic E-state index is 14.3. The molecule has 154 valence electrons. The number of halogens is 7. The molecule has 1 aliphatic rings. The molecule has 0 spiro atoms. The highest BCUT2D eigenvalue weighted by atomic mass is 19.4. The van der Waals surface area contributed by atoms with Gasteiger partial charge in [-0.25, -0.2) is 22.5 Å². The van der Waals surface area contributed by atoms with Gasteiger partial charge in [0.05, 0.1) is 5.41 Å². The van der Waals surface area contributed by atoms with Crippen LogP contribution >= 0.6 is 0 Å². The zero-order valence-corrected chi connectivity index (χ0v) is 14.7. The first-order valence-corrected chi connectivity index (χ1v) is 8.23. The van der Waals surface area contributed by atoms with E-state index in [2.05, 4.69) is 0 Å². The zero-order chi connectivity index (χ0) is 21.7. The molecule has 2 aromatic rings. The fraction of sp³-hybridized carbons (Fsp3) is 0.263. The van der Waals surface area contributed by atoms with Crippen molar-refractivity contribution in [2.75, 3.05) is 4.90 Å². The van der Waals surface area contributed by atoms with Crippen molar-refractivity contribution in [2.45, 2.75) is 25.9 Å². The Bertz CT molecular complexity index is 975. The predicted octanol–water partition coefficient (Wildman–Crippen LogP) is 4.77. The van der Waals surface area contributed by atoms with Gasteiger partial charge in [0.15, 0.2) is 23.3 Å². The van der Waals surface area contributed by atoms with E-state index in [1.165, 1.54) is 6.92 Å². The van der Waals surface area contributed by atoms with Gasteiger partial charge in [0.25, 0.3) is 0 Å². The van der Waals surface area contributed by atoms with Crippen molar-refractivity contribution in [3.05, 3.63) is 64.7 Å². The van der Waals surface area contributed by atoms with Crippen LogP contribution < -0.4 is 4.90 Å². The lowest BCUT2D eigenvalue weighted by atomic mass is 9.82. The second-order valence-corrected chi connectivity index (χ2v) is 6.91. The van der Waals surface area contributed by atoms with Crippen molar-refractivity contribution in [3.8, 4) is 0 Å². The largest absolute Gasteiger partial charge is 0.422 e. The number of hydrogen-bond acceptors (Lipinski definition) is 2. The van der Waals surface area contributed by atoms with Crippen LogP contribution in [0.4, 0.5) is 36.4 Å². The molecule has 0 aromatic heterocycles. The number of anilines is 1. The van der Waals surface area contributed by atoms with E-state index in [1.807, 2.05) is 0 Å². The normalized spacial score (nSPS) is 19.9. The van der Waals surface area contributed by atoms with Gasteiger partial charge in [-0.05, 0) is 18.9 Å². The van der Waals surface area contributed by atoms with E-state index in [9.17, 15) is 40.3 Å². The second kappa shape index (κ2) is 6.85. The number of carbonyl (C=O) groups excluding carboxylic acids is 2. The van der Waals surface area contributed by atoms with E-state index in [0.29, 0.717) is 5.56 Å². The summed E-state index contributed by atoms with van der Waals surface area (Å²) in [4.78, 5) is 24.9. The maximum atomic E-state index is 14.3. The Morgan fingerprint density at radius 2 is 1.45 bits per heavy atom. The molecule has 0 bridgehead atoms. The summed E-state index contributed by atoms with van der Waals surface area (Å²) < 4.78 is 94.6. The van der Waals surface area contributed by atoms with Gasteiger partial charge in [0.1, 0.15) is 11.3 Å². The molecule has 1 saturated heterocycles. The number of rotatable bonds is 3. The molecule has 1 fully saturated rings. The first kappa shape index (κ1) is 20.8. The Morgan fingerprint density at radius 3 is 1.93 bits per heavy atom. The van der Waals surface area contributed by atoms with Crippen molar-refractivity contribution in [1.82, 2.24) is 0 Å². The third-order valence-corrected chi connectivity index (χ3v) is 4.69. The summed E-state index contributed by atoms with van der Waals surface area (Å²) in [5.41, 5.74) is -5.47. The molecule has 0 N–H and O–H groups in total. The lowest BCUT2D eigenvalue weighted by molar-refractivity contribution is -0.143. The number of benzene rings is 2. The minimum absolute atomic E-state index is 0.0379. The standard InChI is InChI=1S/C19H12F7NO2/c1-18(7-9-5-3-2-4-6-9)8-10(28)27(17(18)29)16-14(22)12(20)11(19(24,25)26)13(21)15(16)23/h2-6H,7-8H2,1H3. The molecule has 0 saturated carbocycles. The Balaban J connectivity index is 2.10. The molecule has 0 aliphatic carbocycles. The van der Waals surface area contributed by atoms with Gasteiger partial charge in [0.2, 0.25) is 11.8 Å². The summed E-state index contributed by atoms with van der Waals surface area (Å²) in [5.74, 6) is -12.8. The lowest BCUT2D eigenvalue weighted by Crippen LogP contribution is -2.37. The Morgan fingerprint density at radius 1 is 0.931 bits per heavy atom. The SMILES string of the molecule is CC1(Cc2ccccc2)CC(=O)N(c2c(F)c(F)c(C(F)(F)F)c(F)c2F)C1=O. The third-order valence-electron chi connectivity index (χ3n) is 4.69. The molecule has 29 heavy (non-hydrogen) atoms. The first-order valence-electron chi connectivity index (χ1n) is 8.23. The topological polar surface area (TPSA) is 37.4 Å². The number of alkyl halides is 3. The second-order valence-electron chi connectivity index (χ2n) is 6.91. The molecule has 1 aliphatic heterocycles. The molecule has 2 amide bonds. The van der Waals surface area contributed by atoms with Gasteiger partial charge in [0, 0.05) is 6.42 Å². The fourth-order valence-corrected chi connectivity index (χ4v) is 3.35. The summed E-state index contributed by atoms with van der Waals surface area (Å²) in [7, 11) is 0. The van der Waals surface area contributed by atoms with Crippen molar-refractivity contribution in [1.29, 1.82) is 0 Å². The molecule has 1 heterocycles. The van der Waals surface area contributed by atoms with Gasteiger partial charge < -0.3 is 0 Å². The number of imide groups is 1. The van der Waals surface area contributed by atoms with Gasteiger partial charge in [-0.15, -0.1) is 0 Å². The van der Waals surface area contributed by atoms with Crippen molar-refractivity contribution in [2.24, 2.45) is 5.41 Å². The Hall–Kier alpha value is -2.91. The van der Waals surface area contributed by atoms with Crippen molar-refractivity contribution in [3.63, 3.8) is 0 Å². The van der Waals surface area contributed by atoms with Crippen molar-refractivity contribution < 1.29 is 40.3 Å². The van der Waals surface area contributed by atoms with Crippen LogP contribution in [-0.2, 0) is 22.2 Å². The molecule has 1 unspecified atom stereocenters. The van der Waals surface area contributed by atoms with E-state index in [0.717, 1.165) is 0 Å². The monoisotopic (exact) mass is 419 g/mol. The summed E-state index contributed by atoms with van der Waals surface area (Å²) in [6.45, 7) is 1.31. The van der Waals surface area contributed by atoms with Gasteiger partial charge >= 0.3 is 6.18 Å². The minimum atomic E-state index is -5.73. The highest BCUT2D eigenvalue weighted by molar-refractivity contribution is 6.22. The molecular weight excluding hydrogens is 407 g/mol. The molecule has 1 atom stereocenters. The Kier molecular flexibility index (Phi) is 4.92. The fourth-order valence-electron chi connectivity index (χ4n) is 3.35. The van der Waals surface area contributed by atoms with Crippen LogP contribution in [0, 0.1) is 28.7 Å². The zero-order valence-electron chi connectivity index (χ0n) is 14.7. The van der Waals surface area contributed by atoms with Gasteiger partial charge in [-0.1, -0.05) is 30.3 Å². The Labute approximate surface area is 159 Å². The van der Waals surface area contributed by atoms with Crippen LogP contribution in [0.25, 0.3) is 0 Å². The molecule has 3 rings (SSSR count). The van der Waals surface area contributed by atoms with Crippen LogP contribution in [0.3, 0.4) is 0 Å². The van der Waals surface area contributed by atoms with E-state index in [1.54, 1.807) is 30.3 Å². The summed E-state index contributed by atoms with van der Waals surface area (Å²) in [5, 5.41) is 0. The number of carbonyl (C=O) groups is 2. The van der Waals surface area contributed by atoms with Crippen molar-refractivity contribution >= 4 is 17.5 Å². The van der Waals surface area contributed by atoms with E-state index >= 15 is 0 Å². The van der Waals surface area contributed by atoms with Crippen LogP contribution in [0.1, 0.15) is 24.5 Å². The molecular formula is C19H12F7NO2. The molecule has 10 heteroatoms. The highest BCUT2D eigenvalue weighted by Gasteiger charge is 2.52. The van der Waals surface area contributed by atoms with E-state index < -0.39 is 64.3 Å². The predicted molar refractivity (Wildman–Crippen MR) is 86.6 cm³/mol. The summed E-state index contributed by atoms with van der Waals surface area (Å²) in [6.07, 6.45) is -6.32. The first-order chi connectivity index (χ1) is 13.4. The highest BCUT2D eigenvalue weighted by Crippen LogP contribution is 2.44. The number of nitrogens with zero attached hydrogens (tertiary/aromatic N) is 1. The third kappa shape index (κ3) is 3.36. The van der Waals surface area contributed by atoms with Gasteiger partial charge in [-0.3, -0.25) is 9.59 Å². The van der Waals surface area contributed by atoms with Crippen LogP contribution in [0.15, 0.2) is 30.3 Å². The lowest BCUT2D eigenvalue weighted by Gasteiger charge is -2.23. The average Bonchev–Trinajstić information content (AvgIpc) is 2.83. The summed E-state index contributed by atoms with van der Waals surface area (Å²) in [6, 6.07) is 8.25. The minimum Gasteiger partial charge on any atom is -0.274 e. The van der Waals surface area contributed by atoms with Crippen LogP contribution in [0.2, 0.25) is 0 Å². The van der Waals surface area contributed by atoms with E-state index in [4.69, 9.17) is 0 Å². The quantitative estimate of drug-likeness (QED) is 0.408. The average molecular weight is 419 g/mol. The maximum Gasteiger partial charge on any atom is 0.422 e. The van der Waals surface area contributed by atoms with E-state index in [-0.39, 0.29) is 11.3 Å². The van der Waals surface area contributed by atoms with Gasteiger partial charge in [-0.2, -0.15) is 13.2 Å². The molecule has 0 radical (unpaired) electrons. The summed E-state index contributed by atoms with van der Waals surface area (Å²) >= 11 is 0. The smallest absolute Gasteiger partial charge is 0.274 e. The molecule has 2 aromatic carbocycles. The number of hydrogen-bond donors (Lipinski definition) is 0.